The first-order valence-corrected chi connectivity index (χ1v) is 6.20. The average Bonchev–Trinajstić information content (AvgIpc) is 2.70. The van der Waals surface area contributed by atoms with Gasteiger partial charge in [-0.15, -0.1) is 0 Å². The third-order valence-corrected chi connectivity index (χ3v) is 3.30. The molecule has 0 saturated carbocycles. The maximum atomic E-state index is 12.4. The summed E-state index contributed by atoms with van der Waals surface area (Å²) in [6, 6.07) is 1.77. The molecule has 0 bridgehead atoms. The highest BCUT2D eigenvalue weighted by molar-refractivity contribution is 5.94. The van der Waals surface area contributed by atoms with Crippen LogP contribution in [0.1, 0.15) is 26.5 Å². The van der Waals surface area contributed by atoms with Gasteiger partial charge in [0.15, 0.2) is 0 Å². The van der Waals surface area contributed by atoms with Crippen molar-refractivity contribution < 1.29 is 18.0 Å². The number of carbonyl (C=O) groups excluding carboxylic acids is 1. The highest BCUT2D eigenvalue weighted by Gasteiger charge is 2.37. The van der Waals surface area contributed by atoms with Gasteiger partial charge in [-0.1, -0.05) is 20.8 Å². The maximum absolute atomic E-state index is 12.4. The molecular weight excluding hydrogens is 271 g/mol. The van der Waals surface area contributed by atoms with Crippen LogP contribution >= 0.6 is 0 Å². The number of amides is 2. The summed E-state index contributed by atoms with van der Waals surface area (Å²) < 4.78 is 37.3. The van der Waals surface area contributed by atoms with E-state index in [1.165, 1.54) is 11.0 Å². The molecule has 1 aliphatic rings. The molecule has 1 N–H and O–H groups in total. The zero-order valence-electron chi connectivity index (χ0n) is 11.5. The van der Waals surface area contributed by atoms with Crippen molar-refractivity contribution in [2.75, 3.05) is 11.4 Å². The third kappa shape index (κ3) is 2.86. The molecule has 1 aromatic heterocycles. The average molecular weight is 287 g/mol. The molecule has 110 valence electrons. The molecule has 2 heterocycles. The summed E-state index contributed by atoms with van der Waals surface area (Å²) in [5.74, 6) is 0. The molecule has 2 rings (SSSR count). The molecule has 4 nitrogen and oxygen atoms in total. The number of hydrogen-bond donors (Lipinski definition) is 1. The number of rotatable bonds is 1. The fourth-order valence-corrected chi connectivity index (χ4v) is 1.96. The van der Waals surface area contributed by atoms with Gasteiger partial charge in [-0.05, 0) is 17.5 Å². The van der Waals surface area contributed by atoms with Crippen LogP contribution in [-0.4, -0.2) is 23.6 Å². The number of halogens is 3. The summed E-state index contributed by atoms with van der Waals surface area (Å²) in [4.78, 5) is 16.7. The fourth-order valence-electron chi connectivity index (χ4n) is 1.96. The lowest BCUT2D eigenvalue weighted by atomic mass is 9.87. The summed E-state index contributed by atoms with van der Waals surface area (Å²) in [6.07, 6.45) is -3.40. The Kier molecular flexibility index (Phi) is 3.39. The Bertz CT molecular complexity index is 505. The molecule has 0 aromatic carbocycles. The topological polar surface area (TPSA) is 45.2 Å². The summed E-state index contributed by atoms with van der Waals surface area (Å²) in [6.45, 7) is 6.39. The van der Waals surface area contributed by atoms with E-state index in [1.807, 2.05) is 20.8 Å². The van der Waals surface area contributed by atoms with Crippen molar-refractivity contribution in [1.82, 2.24) is 10.3 Å². The van der Waals surface area contributed by atoms with E-state index in [9.17, 15) is 18.0 Å². The Morgan fingerprint density at radius 1 is 1.30 bits per heavy atom. The molecular formula is C13H16F3N3O. The van der Waals surface area contributed by atoms with Gasteiger partial charge >= 0.3 is 12.2 Å². The van der Waals surface area contributed by atoms with Gasteiger partial charge in [0.1, 0.15) is 5.69 Å². The van der Waals surface area contributed by atoms with Crippen molar-refractivity contribution >= 4 is 11.7 Å². The standard InChI is InChI=1S/C13H16F3N3O/c1-12(2,3)10-7-19(11(20)18-10)8-4-5-9(17-6-8)13(14,15)16/h4-6,10H,7H2,1-3H3,(H,18,20)/t10-/m1/s1. The number of pyridine rings is 1. The van der Waals surface area contributed by atoms with Crippen LogP contribution in [0.2, 0.25) is 0 Å². The number of aromatic nitrogens is 1. The van der Waals surface area contributed by atoms with Crippen molar-refractivity contribution in [2.45, 2.75) is 33.0 Å². The lowest BCUT2D eigenvalue weighted by Gasteiger charge is -2.25. The number of hydrogen-bond acceptors (Lipinski definition) is 2. The van der Waals surface area contributed by atoms with Crippen LogP contribution in [-0.2, 0) is 6.18 Å². The first-order valence-electron chi connectivity index (χ1n) is 6.20. The van der Waals surface area contributed by atoms with E-state index in [2.05, 4.69) is 10.3 Å². The molecule has 1 aromatic rings. The van der Waals surface area contributed by atoms with E-state index in [0.717, 1.165) is 12.3 Å². The van der Waals surface area contributed by atoms with Gasteiger partial charge in [0, 0.05) is 6.54 Å². The minimum atomic E-state index is -4.47. The molecule has 0 radical (unpaired) electrons. The molecule has 0 unspecified atom stereocenters. The van der Waals surface area contributed by atoms with Crippen LogP contribution in [0.5, 0.6) is 0 Å². The van der Waals surface area contributed by atoms with Crippen LogP contribution in [0.4, 0.5) is 23.7 Å². The predicted octanol–water partition coefficient (Wildman–Crippen LogP) is 3.04. The molecule has 0 aliphatic carbocycles. The monoisotopic (exact) mass is 287 g/mol. The molecule has 1 saturated heterocycles. The molecule has 7 heteroatoms. The van der Waals surface area contributed by atoms with Crippen molar-refractivity contribution in [1.29, 1.82) is 0 Å². The van der Waals surface area contributed by atoms with Gasteiger partial charge < -0.3 is 5.32 Å². The number of nitrogens with zero attached hydrogens (tertiary/aromatic N) is 2. The minimum Gasteiger partial charge on any atom is -0.333 e. The summed E-state index contributed by atoms with van der Waals surface area (Å²) in [5.41, 5.74) is -0.723. The molecule has 1 atom stereocenters. The second-order valence-corrected chi connectivity index (χ2v) is 5.88. The number of alkyl halides is 3. The van der Waals surface area contributed by atoms with Crippen molar-refractivity contribution in [3.8, 4) is 0 Å². The molecule has 2 amide bonds. The lowest BCUT2D eigenvalue weighted by Crippen LogP contribution is -2.38. The number of nitrogens with one attached hydrogen (secondary N) is 1. The van der Waals surface area contributed by atoms with Crippen molar-refractivity contribution in [3.05, 3.63) is 24.0 Å². The van der Waals surface area contributed by atoms with E-state index in [-0.39, 0.29) is 17.5 Å². The quantitative estimate of drug-likeness (QED) is 0.863. The highest BCUT2D eigenvalue weighted by Crippen LogP contribution is 2.30. The second kappa shape index (κ2) is 4.64. The summed E-state index contributed by atoms with van der Waals surface area (Å²) in [5, 5.41) is 2.82. The Morgan fingerprint density at radius 3 is 2.35 bits per heavy atom. The fraction of sp³-hybridized carbons (Fsp3) is 0.538. The summed E-state index contributed by atoms with van der Waals surface area (Å²) in [7, 11) is 0. The summed E-state index contributed by atoms with van der Waals surface area (Å²) >= 11 is 0. The minimum absolute atomic E-state index is 0.0581. The van der Waals surface area contributed by atoms with Gasteiger partial charge in [0.2, 0.25) is 0 Å². The van der Waals surface area contributed by atoms with Crippen LogP contribution in [0.15, 0.2) is 18.3 Å². The Balaban J connectivity index is 2.19. The van der Waals surface area contributed by atoms with Gasteiger partial charge in [-0.25, -0.2) is 9.78 Å². The maximum Gasteiger partial charge on any atom is 0.433 e. The zero-order valence-corrected chi connectivity index (χ0v) is 11.5. The van der Waals surface area contributed by atoms with Gasteiger partial charge in [0.25, 0.3) is 0 Å². The van der Waals surface area contributed by atoms with E-state index >= 15 is 0 Å². The lowest BCUT2D eigenvalue weighted by molar-refractivity contribution is -0.141. The number of anilines is 1. The molecule has 1 fully saturated rings. The second-order valence-electron chi connectivity index (χ2n) is 5.88. The van der Waals surface area contributed by atoms with Crippen LogP contribution in [0, 0.1) is 5.41 Å². The van der Waals surface area contributed by atoms with Crippen molar-refractivity contribution in [3.63, 3.8) is 0 Å². The molecule has 20 heavy (non-hydrogen) atoms. The molecule has 1 aliphatic heterocycles. The van der Waals surface area contributed by atoms with E-state index < -0.39 is 11.9 Å². The Labute approximate surface area is 115 Å². The van der Waals surface area contributed by atoms with E-state index in [4.69, 9.17) is 0 Å². The SMILES string of the molecule is CC(C)(C)[C@H]1CN(c2ccc(C(F)(F)F)nc2)C(=O)N1. The highest BCUT2D eigenvalue weighted by atomic mass is 19.4. The first-order chi connectivity index (χ1) is 9.09. The number of urea groups is 1. The Morgan fingerprint density at radius 2 is 1.95 bits per heavy atom. The van der Waals surface area contributed by atoms with Crippen LogP contribution < -0.4 is 10.2 Å². The smallest absolute Gasteiger partial charge is 0.333 e. The number of carbonyl (C=O) groups is 1. The largest absolute Gasteiger partial charge is 0.433 e. The predicted molar refractivity (Wildman–Crippen MR) is 68.4 cm³/mol. The van der Waals surface area contributed by atoms with Crippen LogP contribution in [0.25, 0.3) is 0 Å². The Hall–Kier alpha value is -1.79. The van der Waals surface area contributed by atoms with E-state index in [0.29, 0.717) is 12.2 Å². The van der Waals surface area contributed by atoms with E-state index in [1.54, 1.807) is 0 Å². The molecule has 0 spiro atoms. The first kappa shape index (κ1) is 14.6. The van der Waals surface area contributed by atoms with Gasteiger partial charge in [0.05, 0.1) is 17.9 Å². The zero-order chi connectivity index (χ0) is 15.1. The van der Waals surface area contributed by atoms with Gasteiger partial charge in [-0.3, -0.25) is 4.90 Å². The third-order valence-electron chi connectivity index (χ3n) is 3.30. The normalized spacial score (nSPS) is 20.2. The van der Waals surface area contributed by atoms with Crippen molar-refractivity contribution in [2.24, 2.45) is 5.41 Å². The van der Waals surface area contributed by atoms with Crippen LogP contribution in [0.3, 0.4) is 0 Å². The van der Waals surface area contributed by atoms with Gasteiger partial charge in [-0.2, -0.15) is 13.2 Å².